The van der Waals surface area contributed by atoms with Gasteiger partial charge in [-0.2, -0.15) is 0 Å². The molecule has 2 rings (SSSR count). The van der Waals surface area contributed by atoms with E-state index in [2.05, 4.69) is 20.2 Å². The molecule has 0 amide bonds. The van der Waals surface area contributed by atoms with Crippen molar-refractivity contribution in [3.05, 3.63) is 36.0 Å². The molecular weight excluding hydrogens is 308 g/mol. The van der Waals surface area contributed by atoms with Gasteiger partial charge in [0.15, 0.2) is 0 Å². The molecule has 1 aromatic carbocycles. The number of likely N-dealkylation sites (N-methyl/N-ethyl adjacent to an activating group) is 1. The molecule has 0 aliphatic heterocycles. The van der Waals surface area contributed by atoms with E-state index in [0.29, 0.717) is 29.6 Å². The summed E-state index contributed by atoms with van der Waals surface area (Å²) in [7, 11) is 3.98. The van der Waals surface area contributed by atoms with Gasteiger partial charge in [-0.1, -0.05) is 0 Å². The summed E-state index contributed by atoms with van der Waals surface area (Å²) in [5.41, 5.74) is 1.48. The normalized spacial score (nSPS) is 10.7. The van der Waals surface area contributed by atoms with Crippen LogP contribution in [0.25, 0.3) is 11.3 Å². The van der Waals surface area contributed by atoms with Gasteiger partial charge in [0, 0.05) is 24.8 Å². The second kappa shape index (κ2) is 8.26. The highest BCUT2D eigenvalue weighted by molar-refractivity contribution is 5.92. The van der Waals surface area contributed by atoms with Crippen LogP contribution in [0.4, 0.5) is 5.95 Å². The summed E-state index contributed by atoms with van der Waals surface area (Å²) in [5.74, 6) is -0.161. The van der Waals surface area contributed by atoms with Crippen LogP contribution >= 0.6 is 0 Å². The second-order valence-electron chi connectivity index (χ2n) is 5.44. The number of benzene rings is 1. The minimum atomic E-state index is -1.03. The van der Waals surface area contributed by atoms with Gasteiger partial charge < -0.3 is 20.1 Å². The van der Waals surface area contributed by atoms with Crippen LogP contribution in [-0.4, -0.2) is 59.7 Å². The van der Waals surface area contributed by atoms with Crippen molar-refractivity contribution < 1.29 is 14.6 Å². The van der Waals surface area contributed by atoms with Crippen LogP contribution in [-0.2, 0) is 0 Å². The molecule has 0 aliphatic rings. The SMILES string of the molecule is CCOc1ccc(-c2ccnc(NCCN(C)C)n2)cc1C(=O)O. The molecule has 24 heavy (non-hydrogen) atoms. The third-order valence-corrected chi connectivity index (χ3v) is 3.30. The van der Waals surface area contributed by atoms with Gasteiger partial charge in [-0.15, -0.1) is 0 Å². The minimum Gasteiger partial charge on any atom is -0.493 e. The molecule has 1 heterocycles. The number of anilines is 1. The molecule has 128 valence electrons. The maximum Gasteiger partial charge on any atom is 0.339 e. The Hall–Kier alpha value is -2.67. The Morgan fingerprint density at radius 1 is 1.33 bits per heavy atom. The first-order valence-electron chi connectivity index (χ1n) is 7.73. The first-order valence-corrected chi connectivity index (χ1v) is 7.73. The average molecular weight is 330 g/mol. The molecule has 0 unspecified atom stereocenters. The number of hydrogen-bond acceptors (Lipinski definition) is 6. The van der Waals surface area contributed by atoms with Crippen molar-refractivity contribution >= 4 is 11.9 Å². The molecule has 0 aliphatic carbocycles. The summed E-state index contributed by atoms with van der Waals surface area (Å²) in [6.07, 6.45) is 1.65. The van der Waals surface area contributed by atoms with Gasteiger partial charge >= 0.3 is 5.97 Å². The molecule has 0 spiro atoms. The molecule has 0 radical (unpaired) electrons. The highest BCUT2D eigenvalue weighted by Crippen LogP contribution is 2.26. The molecular formula is C17H22N4O3. The Morgan fingerprint density at radius 3 is 2.79 bits per heavy atom. The predicted molar refractivity (Wildman–Crippen MR) is 92.6 cm³/mol. The molecule has 2 N–H and O–H groups in total. The minimum absolute atomic E-state index is 0.120. The number of nitrogens with zero attached hydrogens (tertiary/aromatic N) is 3. The number of ether oxygens (including phenoxy) is 1. The van der Waals surface area contributed by atoms with E-state index >= 15 is 0 Å². The van der Waals surface area contributed by atoms with Crippen molar-refractivity contribution in [1.29, 1.82) is 0 Å². The first kappa shape index (κ1) is 17.7. The van der Waals surface area contributed by atoms with Crippen molar-refractivity contribution in [2.45, 2.75) is 6.92 Å². The summed E-state index contributed by atoms with van der Waals surface area (Å²) in [6.45, 7) is 3.81. The number of carboxylic acid groups (broad SMARTS) is 1. The van der Waals surface area contributed by atoms with Crippen LogP contribution in [0.1, 0.15) is 17.3 Å². The Labute approximate surface area is 141 Å². The largest absolute Gasteiger partial charge is 0.493 e. The van der Waals surface area contributed by atoms with E-state index in [9.17, 15) is 9.90 Å². The maximum atomic E-state index is 11.4. The fourth-order valence-electron chi connectivity index (χ4n) is 2.13. The van der Waals surface area contributed by atoms with E-state index in [4.69, 9.17) is 4.74 Å². The molecule has 0 saturated heterocycles. The van der Waals surface area contributed by atoms with Gasteiger partial charge in [0.1, 0.15) is 11.3 Å². The Balaban J connectivity index is 2.24. The third-order valence-electron chi connectivity index (χ3n) is 3.30. The number of hydrogen-bond donors (Lipinski definition) is 2. The standard InChI is InChI=1S/C17H22N4O3/c1-4-24-15-6-5-12(11-13(15)16(22)23)14-7-8-18-17(20-14)19-9-10-21(2)3/h5-8,11H,4,9-10H2,1-3H3,(H,22,23)(H,18,19,20). The second-order valence-corrected chi connectivity index (χ2v) is 5.44. The maximum absolute atomic E-state index is 11.4. The lowest BCUT2D eigenvalue weighted by atomic mass is 10.1. The lowest BCUT2D eigenvalue weighted by molar-refractivity contribution is 0.0692. The van der Waals surface area contributed by atoms with Crippen LogP contribution in [0.2, 0.25) is 0 Å². The lowest BCUT2D eigenvalue weighted by Gasteiger charge is -2.11. The van der Waals surface area contributed by atoms with Crippen LogP contribution in [0.15, 0.2) is 30.5 Å². The Kier molecular flexibility index (Phi) is 6.08. The van der Waals surface area contributed by atoms with Crippen molar-refractivity contribution in [3.63, 3.8) is 0 Å². The van der Waals surface area contributed by atoms with E-state index in [0.717, 1.165) is 13.1 Å². The smallest absolute Gasteiger partial charge is 0.339 e. The van der Waals surface area contributed by atoms with Crippen molar-refractivity contribution in [2.75, 3.05) is 39.1 Å². The van der Waals surface area contributed by atoms with E-state index in [1.54, 1.807) is 30.5 Å². The summed E-state index contributed by atoms with van der Waals surface area (Å²) < 4.78 is 5.36. The molecule has 7 heteroatoms. The van der Waals surface area contributed by atoms with E-state index in [1.807, 2.05) is 21.0 Å². The van der Waals surface area contributed by atoms with Crippen LogP contribution in [0.5, 0.6) is 5.75 Å². The van der Waals surface area contributed by atoms with Gasteiger partial charge in [0.25, 0.3) is 0 Å². The fraction of sp³-hybridized carbons (Fsp3) is 0.353. The van der Waals surface area contributed by atoms with Gasteiger partial charge in [0.05, 0.1) is 12.3 Å². The third kappa shape index (κ3) is 4.66. The molecule has 0 saturated carbocycles. The van der Waals surface area contributed by atoms with Crippen LogP contribution < -0.4 is 10.1 Å². The lowest BCUT2D eigenvalue weighted by Crippen LogP contribution is -2.21. The quantitative estimate of drug-likeness (QED) is 0.767. The average Bonchev–Trinajstić information content (AvgIpc) is 2.55. The first-order chi connectivity index (χ1) is 11.5. The van der Waals surface area contributed by atoms with Crippen molar-refractivity contribution in [2.24, 2.45) is 0 Å². The highest BCUT2D eigenvalue weighted by atomic mass is 16.5. The molecule has 7 nitrogen and oxygen atoms in total. The predicted octanol–water partition coefficient (Wildman–Crippen LogP) is 2.21. The number of aromatic carboxylic acids is 1. The molecule has 0 atom stereocenters. The van der Waals surface area contributed by atoms with Gasteiger partial charge in [-0.05, 0) is 45.3 Å². The molecule has 0 fully saturated rings. The Morgan fingerprint density at radius 2 is 2.12 bits per heavy atom. The Bertz CT molecular complexity index is 704. The zero-order valence-corrected chi connectivity index (χ0v) is 14.1. The van der Waals surface area contributed by atoms with E-state index < -0.39 is 5.97 Å². The summed E-state index contributed by atoms with van der Waals surface area (Å²) >= 11 is 0. The number of carbonyl (C=O) groups is 1. The molecule has 1 aromatic heterocycles. The summed E-state index contributed by atoms with van der Waals surface area (Å²) in [5, 5.41) is 12.5. The van der Waals surface area contributed by atoms with E-state index in [-0.39, 0.29) is 5.56 Å². The van der Waals surface area contributed by atoms with E-state index in [1.165, 1.54) is 0 Å². The summed E-state index contributed by atoms with van der Waals surface area (Å²) in [4.78, 5) is 22.1. The number of nitrogens with one attached hydrogen (secondary N) is 1. The topological polar surface area (TPSA) is 87.6 Å². The summed E-state index contributed by atoms with van der Waals surface area (Å²) in [6, 6.07) is 6.77. The molecule has 0 bridgehead atoms. The number of aromatic nitrogens is 2. The fourth-order valence-corrected chi connectivity index (χ4v) is 2.13. The number of carboxylic acids is 1. The number of rotatable bonds is 8. The van der Waals surface area contributed by atoms with Crippen LogP contribution in [0.3, 0.4) is 0 Å². The van der Waals surface area contributed by atoms with Gasteiger partial charge in [0.2, 0.25) is 5.95 Å². The van der Waals surface area contributed by atoms with Gasteiger partial charge in [-0.25, -0.2) is 14.8 Å². The van der Waals surface area contributed by atoms with Gasteiger partial charge in [-0.3, -0.25) is 0 Å². The monoisotopic (exact) mass is 330 g/mol. The molecule has 2 aromatic rings. The zero-order chi connectivity index (χ0) is 17.5. The highest BCUT2D eigenvalue weighted by Gasteiger charge is 2.13. The zero-order valence-electron chi connectivity index (χ0n) is 14.1. The van der Waals surface area contributed by atoms with Crippen molar-refractivity contribution in [3.8, 4) is 17.0 Å². The van der Waals surface area contributed by atoms with Crippen molar-refractivity contribution in [1.82, 2.24) is 14.9 Å². The van der Waals surface area contributed by atoms with Crippen LogP contribution in [0, 0.1) is 0 Å².